The molecule has 0 unspecified atom stereocenters. The maximum absolute atomic E-state index is 10.0. The minimum absolute atomic E-state index is 0.181. The topological polar surface area (TPSA) is 89.5 Å². The molecule has 0 saturated heterocycles. The van der Waals surface area contributed by atoms with Gasteiger partial charge in [-0.05, 0) is 14.1 Å². The van der Waals surface area contributed by atoms with Gasteiger partial charge in [0.1, 0.15) is 6.54 Å². The maximum atomic E-state index is 10.0. The van der Waals surface area contributed by atoms with Crippen molar-refractivity contribution in [3.8, 4) is 0 Å². The summed E-state index contributed by atoms with van der Waals surface area (Å²) in [5, 5.41) is 20.0. The molecular formula is C4H9N3O4. The van der Waals surface area contributed by atoms with Crippen LogP contribution >= 0.6 is 0 Å². The van der Waals surface area contributed by atoms with E-state index in [0.29, 0.717) is 0 Å². The Morgan fingerprint density at radius 1 is 1.27 bits per heavy atom. The largest absolute Gasteiger partial charge is 0.462 e. The molecule has 0 N–H and O–H groups in total. The van der Waals surface area contributed by atoms with Crippen molar-refractivity contribution in [1.82, 2.24) is 4.90 Å². The van der Waals surface area contributed by atoms with Crippen molar-refractivity contribution in [1.29, 1.82) is 0 Å². The SMILES string of the molecule is CN(C)CC([N+](=O)[O-])[N+](=O)[O-]. The monoisotopic (exact) mass is 163 g/mol. The Bertz CT molecular complexity index is 155. The van der Waals surface area contributed by atoms with Crippen LogP contribution < -0.4 is 0 Å². The van der Waals surface area contributed by atoms with Gasteiger partial charge in [-0.25, -0.2) is 0 Å². The molecule has 11 heavy (non-hydrogen) atoms. The van der Waals surface area contributed by atoms with Gasteiger partial charge in [0, 0.05) is 0 Å². The molecular weight excluding hydrogens is 154 g/mol. The second kappa shape index (κ2) is 3.81. The highest BCUT2D eigenvalue weighted by Crippen LogP contribution is 1.92. The highest BCUT2D eigenvalue weighted by Gasteiger charge is 2.32. The fourth-order valence-electron chi connectivity index (χ4n) is 0.537. The van der Waals surface area contributed by atoms with Crippen molar-refractivity contribution < 1.29 is 9.85 Å². The first-order chi connectivity index (χ1) is 4.95. The van der Waals surface area contributed by atoms with Crippen LogP contribution in [-0.4, -0.2) is 41.6 Å². The van der Waals surface area contributed by atoms with Gasteiger partial charge in [0.25, 0.3) is 0 Å². The average Bonchev–Trinajstić information content (AvgIpc) is 1.81. The Balaban J connectivity index is 4.12. The van der Waals surface area contributed by atoms with Crippen LogP contribution in [-0.2, 0) is 0 Å². The van der Waals surface area contributed by atoms with E-state index >= 15 is 0 Å². The minimum atomic E-state index is -1.72. The van der Waals surface area contributed by atoms with Gasteiger partial charge in [-0.15, -0.1) is 0 Å². The summed E-state index contributed by atoms with van der Waals surface area (Å²) in [5.41, 5.74) is 0. The predicted molar refractivity (Wildman–Crippen MR) is 36.3 cm³/mol. The van der Waals surface area contributed by atoms with Crippen LogP contribution in [0.5, 0.6) is 0 Å². The zero-order chi connectivity index (χ0) is 9.02. The van der Waals surface area contributed by atoms with E-state index < -0.39 is 16.0 Å². The predicted octanol–water partition coefficient (Wildman–Crippen LogP) is -0.572. The molecule has 0 aromatic heterocycles. The van der Waals surface area contributed by atoms with Crippen LogP contribution in [0.25, 0.3) is 0 Å². The standard InChI is InChI=1S/C4H9N3O4/c1-5(2)3-4(6(8)9)7(10)11/h4H,3H2,1-2H3. The summed E-state index contributed by atoms with van der Waals surface area (Å²) < 4.78 is 0. The maximum Gasteiger partial charge on any atom is 0.462 e. The van der Waals surface area contributed by atoms with Crippen LogP contribution in [0.1, 0.15) is 0 Å². The Kier molecular flexibility index (Phi) is 3.38. The summed E-state index contributed by atoms with van der Waals surface area (Å²) in [7, 11) is 3.08. The summed E-state index contributed by atoms with van der Waals surface area (Å²) in [6.07, 6.45) is -1.72. The summed E-state index contributed by atoms with van der Waals surface area (Å²) in [6, 6.07) is 0. The molecule has 0 heterocycles. The Morgan fingerprint density at radius 2 is 1.64 bits per heavy atom. The molecule has 0 radical (unpaired) electrons. The molecule has 0 aliphatic heterocycles. The highest BCUT2D eigenvalue weighted by atomic mass is 16.7. The zero-order valence-corrected chi connectivity index (χ0v) is 6.26. The van der Waals surface area contributed by atoms with Crippen molar-refractivity contribution in [3.05, 3.63) is 20.2 Å². The number of hydrogen-bond acceptors (Lipinski definition) is 5. The molecule has 0 atom stereocenters. The first kappa shape index (κ1) is 9.76. The van der Waals surface area contributed by atoms with Gasteiger partial charge in [-0.1, -0.05) is 0 Å². The van der Waals surface area contributed by atoms with Gasteiger partial charge in [-0.3, -0.25) is 25.1 Å². The molecule has 64 valence electrons. The van der Waals surface area contributed by atoms with Gasteiger partial charge in [0.15, 0.2) is 0 Å². The Hall–Kier alpha value is -1.24. The second-order valence-electron chi connectivity index (χ2n) is 2.31. The van der Waals surface area contributed by atoms with Crippen molar-refractivity contribution in [2.24, 2.45) is 0 Å². The normalized spacial score (nSPS) is 10.5. The van der Waals surface area contributed by atoms with Crippen LogP contribution in [0.2, 0.25) is 0 Å². The number of hydrogen-bond donors (Lipinski definition) is 0. The van der Waals surface area contributed by atoms with E-state index in [1.165, 1.54) is 4.90 Å². The third kappa shape index (κ3) is 3.46. The lowest BCUT2D eigenvalue weighted by atomic mass is 10.5. The van der Waals surface area contributed by atoms with Crippen molar-refractivity contribution in [2.45, 2.75) is 6.17 Å². The van der Waals surface area contributed by atoms with Gasteiger partial charge < -0.3 is 0 Å². The van der Waals surface area contributed by atoms with E-state index in [1.807, 2.05) is 0 Å². The minimum Gasteiger partial charge on any atom is -0.297 e. The fraction of sp³-hybridized carbons (Fsp3) is 1.00. The van der Waals surface area contributed by atoms with Crippen molar-refractivity contribution in [2.75, 3.05) is 20.6 Å². The number of rotatable bonds is 4. The highest BCUT2D eigenvalue weighted by molar-refractivity contribution is 4.45. The first-order valence-corrected chi connectivity index (χ1v) is 2.87. The lowest BCUT2D eigenvalue weighted by molar-refractivity contribution is -0.741. The molecule has 0 spiro atoms. The van der Waals surface area contributed by atoms with Crippen LogP contribution in [0.15, 0.2) is 0 Å². The molecule has 0 aliphatic carbocycles. The lowest BCUT2D eigenvalue weighted by Gasteiger charge is -2.07. The molecule has 0 fully saturated rings. The molecule has 0 saturated carbocycles. The third-order valence-electron chi connectivity index (χ3n) is 1.02. The number of nitro groups is 2. The average molecular weight is 163 g/mol. The third-order valence-corrected chi connectivity index (χ3v) is 1.02. The van der Waals surface area contributed by atoms with E-state index in [9.17, 15) is 20.2 Å². The smallest absolute Gasteiger partial charge is 0.297 e. The molecule has 0 amide bonds. The molecule has 0 aromatic rings. The quantitative estimate of drug-likeness (QED) is 0.314. The number of nitrogens with zero attached hydrogens (tertiary/aromatic N) is 3. The van der Waals surface area contributed by atoms with E-state index in [0.717, 1.165) is 0 Å². The second-order valence-corrected chi connectivity index (χ2v) is 2.31. The Labute approximate surface area is 62.9 Å². The Morgan fingerprint density at radius 3 is 1.73 bits per heavy atom. The molecule has 7 nitrogen and oxygen atoms in total. The van der Waals surface area contributed by atoms with E-state index in [4.69, 9.17) is 0 Å². The van der Waals surface area contributed by atoms with Crippen molar-refractivity contribution >= 4 is 0 Å². The summed E-state index contributed by atoms with van der Waals surface area (Å²) >= 11 is 0. The molecule has 0 bridgehead atoms. The zero-order valence-electron chi connectivity index (χ0n) is 6.26. The molecule has 7 heteroatoms. The molecule has 0 aliphatic rings. The summed E-state index contributed by atoms with van der Waals surface area (Å²) in [5.74, 6) is 0. The fourth-order valence-corrected chi connectivity index (χ4v) is 0.537. The van der Waals surface area contributed by atoms with Crippen LogP contribution in [0, 0.1) is 20.2 Å². The first-order valence-electron chi connectivity index (χ1n) is 2.87. The van der Waals surface area contributed by atoms with Gasteiger partial charge >= 0.3 is 6.17 Å². The lowest BCUT2D eigenvalue weighted by Crippen LogP contribution is -2.38. The van der Waals surface area contributed by atoms with E-state index in [2.05, 4.69) is 0 Å². The summed E-state index contributed by atoms with van der Waals surface area (Å²) in [4.78, 5) is 19.6. The van der Waals surface area contributed by atoms with Crippen LogP contribution in [0.3, 0.4) is 0 Å². The molecule has 0 rings (SSSR count). The number of likely N-dealkylation sites (N-methyl/N-ethyl adjacent to an activating group) is 1. The van der Waals surface area contributed by atoms with Gasteiger partial charge in [-0.2, -0.15) is 0 Å². The van der Waals surface area contributed by atoms with Gasteiger partial charge in [0.2, 0.25) is 0 Å². The van der Waals surface area contributed by atoms with Gasteiger partial charge in [0.05, 0.1) is 9.85 Å². The van der Waals surface area contributed by atoms with E-state index in [-0.39, 0.29) is 6.54 Å². The van der Waals surface area contributed by atoms with Crippen LogP contribution in [0.4, 0.5) is 0 Å². The molecule has 0 aromatic carbocycles. The van der Waals surface area contributed by atoms with Crippen molar-refractivity contribution in [3.63, 3.8) is 0 Å². The summed E-state index contributed by atoms with van der Waals surface area (Å²) in [6.45, 7) is -0.181. The van der Waals surface area contributed by atoms with E-state index in [1.54, 1.807) is 14.1 Å².